The highest BCUT2D eigenvalue weighted by Gasteiger charge is 2.26. The molecule has 0 aliphatic carbocycles. The van der Waals surface area contributed by atoms with Crippen molar-refractivity contribution in [3.05, 3.63) is 0 Å². The van der Waals surface area contributed by atoms with E-state index in [-0.39, 0.29) is 0 Å². The first-order valence-corrected chi connectivity index (χ1v) is 7.24. The van der Waals surface area contributed by atoms with Crippen LogP contribution in [0.5, 0.6) is 0 Å². The maximum absolute atomic E-state index is 5.63. The smallest absolute Gasteiger partial charge is 0.0596 e. The van der Waals surface area contributed by atoms with Crippen molar-refractivity contribution in [1.29, 1.82) is 0 Å². The lowest BCUT2D eigenvalue weighted by molar-refractivity contribution is 0.0432. The van der Waals surface area contributed by atoms with E-state index in [1.165, 1.54) is 25.9 Å². The quantitative estimate of drug-likeness (QED) is 0.740. The van der Waals surface area contributed by atoms with Gasteiger partial charge in [0.25, 0.3) is 0 Å². The van der Waals surface area contributed by atoms with Gasteiger partial charge in [0.15, 0.2) is 0 Å². The molecule has 1 saturated heterocycles. The fraction of sp³-hybridized carbons (Fsp3) is 1.00. The third-order valence-electron chi connectivity index (χ3n) is 3.67. The van der Waals surface area contributed by atoms with Crippen LogP contribution in [0.25, 0.3) is 0 Å². The van der Waals surface area contributed by atoms with E-state index < -0.39 is 0 Å². The Kier molecular flexibility index (Phi) is 7.09. The van der Waals surface area contributed by atoms with Gasteiger partial charge in [0.2, 0.25) is 0 Å². The number of nitrogens with zero attached hydrogens (tertiary/aromatic N) is 1. The standard InChI is InChI=1S/C14H30N2O/c1-5-13-11-16(9-10-17-12(3)4)8-7-14(13)15-6-2/h12-15H,5-11H2,1-4H3. The van der Waals surface area contributed by atoms with Gasteiger partial charge in [-0.1, -0.05) is 20.3 Å². The van der Waals surface area contributed by atoms with Crippen molar-refractivity contribution in [1.82, 2.24) is 10.2 Å². The van der Waals surface area contributed by atoms with E-state index in [0.717, 1.165) is 31.7 Å². The monoisotopic (exact) mass is 242 g/mol. The van der Waals surface area contributed by atoms with E-state index in [0.29, 0.717) is 6.10 Å². The second-order valence-corrected chi connectivity index (χ2v) is 5.34. The van der Waals surface area contributed by atoms with Crippen LogP contribution >= 0.6 is 0 Å². The van der Waals surface area contributed by atoms with Gasteiger partial charge >= 0.3 is 0 Å². The van der Waals surface area contributed by atoms with Gasteiger partial charge in [0.05, 0.1) is 12.7 Å². The van der Waals surface area contributed by atoms with Crippen LogP contribution < -0.4 is 5.32 Å². The second kappa shape index (κ2) is 8.06. The average Bonchev–Trinajstić information content (AvgIpc) is 2.30. The summed E-state index contributed by atoms with van der Waals surface area (Å²) in [5.74, 6) is 0.808. The van der Waals surface area contributed by atoms with Gasteiger partial charge in [-0.25, -0.2) is 0 Å². The molecule has 0 aromatic carbocycles. The predicted molar refractivity (Wildman–Crippen MR) is 73.4 cm³/mol. The summed E-state index contributed by atoms with van der Waals surface area (Å²) in [6, 6.07) is 0.729. The molecule has 0 amide bonds. The summed E-state index contributed by atoms with van der Waals surface area (Å²) in [4.78, 5) is 2.56. The molecule has 1 aliphatic rings. The first-order chi connectivity index (χ1) is 8.17. The van der Waals surface area contributed by atoms with E-state index in [1.807, 2.05) is 0 Å². The lowest BCUT2D eigenvalue weighted by atomic mass is 9.90. The molecule has 1 N–H and O–H groups in total. The van der Waals surface area contributed by atoms with Crippen LogP contribution in [0.15, 0.2) is 0 Å². The molecular formula is C14H30N2O. The number of likely N-dealkylation sites (tertiary alicyclic amines) is 1. The largest absolute Gasteiger partial charge is 0.377 e. The SMILES string of the molecule is CCNC1CCN(CCOC(C)C)CC1CC. The molecular weight excluding hydrogens is 212 g/mol. The van der Waals surface area contributed by atoms with Crippen molar-refractivity contribution in [3.63, 3.8) is 0 Å². The topological polar surface area (TPSA) is 24.5 Å². The van der Waals surface area contributed by atoms with Crippen molar-refractivity contribution >= 4 is 0 Å². The van der Waals surface area contributed by atoms with Crippen LogP contribution in [0, 0.1) is 5.92 Å². The van der Waals surface area contributed by atoms with E-state index in [1.54, 1.807) is 0 Å². The third kappa shape index (κ3) is 5.36. The van der Waals surface area contributed by atoms with E-state index in [9.17, 15) is 0 Å². The van der Waals surface area contributed by atoms with Crippen LogP contribution in [0.2, 0.25) is 0 Å². The lowest BCUT2D eigenvalue weighted by Gasteiger charge is -2.38. The number of nitrogens with one attached hydrogen (secondary N) is 1. The summed E-state index contributed by atoms with van der Waals surface area (Å²) >= 11 is 0. The number of piperidine rings is 1. The molecule has 0 spiro atoms. The third-order valence-corrected chi connectivity index (χ3v) is 3.67. The van der Waals surface area contributed by atoms with Gasteiger partial charge in [-0.15, -0.1) is 0 Å². The summed E-state index contributed by atoms with van der Waals surface area (Å²) in [6.45, 7) is 14.2. The summed E-state index contributed by atoms with van der Waals surface area (Å²) in [5.41, 5.74) is 0. The average molecular weight is 242 g/mol. The molecule has 102 valence electrons. The molecule has 3 nitrogen and oxygen atoms in total. The highest BCUT2D eigenvalue weighted by molar-refractivity contribution is 4.84. The first kappa shape index (κ1) is 14.9. The Balaban J connectivity index is 2.27. The summed E-state index contributed by atoms with van der Waals surface area (Å²) < 4.78 is 5.63. The second-order valence-electron chi connectivity index (χ2n) is 5.34. The molecule has 17 heavy (non-hydrogen) atoms. The van der Waals surface area contributed by atoms with E-state index >= 15 is 0 Å². The Labute approximate surface area is 107 Å². The van der Waals surface area contributed by atoms with Crippen LogP contribution in [0.1, 0.15) is 40.5 Å². The van der Waals surface area contributed by atoms with Crippen molar-refractivity contribution in [3.8, 4) is 0 Å². The zero-order valence-electron chi connectivity index (χ0n) is 12.0. The molecule has 1 heterocycles. The van der Waals surface area contributed by atoms with Gasteiger partial charge in [0, 0.05) is 19.1 Å². The maximum atomic E-state index is 5.63. The number of hydrogen-bond donors (Lipinski definition) is 1. The lowest BCUT2D eigenvalue weighted by Crippen LogP contribution is -2.49. The van der Waals surface area contributed by atoms with Gasteiger partial charge < -0.3 is 15.0 Å². The van der Waals surface area contributed by atoms with E-state index in [2.05, 4.69) is 37.9 Å². The molecule has 0 radical (unpaired) electrons. The maximum Gasteiger partial charge on any atom is 0.0596 e. The summed E-state index contributed by atoms with van der Waals surface area (Å²) in [6.07, 6.45) is 2.92. The molecule has 0 bridgehead atoms. The first-order valence-electron chi connectivity index (χ1n) is 7.24. The van der Waals surface area contributed by atoms with Crippen molar-refractivity contribution < 1.29 is 4.74 Å². The zero-order chi connectivity index (χ0) is 12.7. The molecule has 2 atom stereocenters. The van der Waals surface area contributed by atoms with Crippen molar-refractivity contribution in [2.24, 2.45) is 5.92 Å². The highest BCUT2D eigenvalue weighted by atomic mass is 16.5. The van der Waals surface area contributed by atoms with Gasteiger partial charge in [-0.3, -0.25) is 0 Å². The van der Waals surface area contributed by atoms with Crippen LogP contribution in [-0.4, -0.2) is 49.8 Å². The molecule has 1 rings (SSSR count). The Hall–Kier alpha value is -0.120. The number of rotatable bonds is 7. The molecule has 0 saturated carbocycles. The van der Waals surface area contributed by atoms with Crippen molar-refractivity contribution in [2.75, 3.05) is 32.8 Å². The molecule has 1 aliphatic heterocycles. The van der Waals surface area contributed by atoms with E-state index in [4.69, 9.17) is 4.74 Å². The van der Waals surface area contributed by atoms with Crippen molar-refractivity contribution in [2.45, 2.75) is 52.7 Å². The number of ether oxygens (including phenoxy) is 1. The van der Waals surface area contributed by atoms with Crippen LogP contribution in [0.4, 0.5) is 0 Å². The minimum absolute atomic E-state index is 0.358. The Morgan fingerprint density at radius 3 is 2.71 bits per heavy atom. The minimum Gasteiger partial charge on any atom is -0.377 e. The number of hydrogen-bond acceptors (Lipinski definition) is 3. The van der Waals surface area contributed by atoms with Gasteiger partial charge in [-0.05, 0) is 39.3 Å². The minimum atomic E-state index is 0.358. The fourth-order valence-corrected chi connectivity index (χ4v) is 2.67. The molecule has 2 unspecified atom stereocenters. The van der Waals surface area contributed by atoms with Gasteiger partial charge in [0.1, 0.15) is 0 Å². The Morgan fingerprint density at radius 2 is 2.12 bits per heavy atom. The normalized spacial score (nSPS) is 26.6. The fourth-order valence-electron chi connectivity index (χ4n) is 2.67. The highest BCUT2D eigenvalue weighted by Crippen LogP contribution is 2.19. The summed E-state index contributed by atoms with van der Waals surface area (Å²) in [7, 11) is 0. The zero-order valence-corrected chi connectivity index (χ0v) is 12.0. The molecule has 3 heteroatoms. The predicted octanol–water partition coefficient (Wildman–Crippen LogP) is 2.12. The Bertz CT molecular complexity index is 197. The molecule has 0 aromatic rings. The van der Waals surface area contributed by atoms with Crippen LogP contribution in [-0.2, 0) is 4.74 Å². The summed E-state index contributed by atoms with van der Waals surface area (Å²) in [5, 5.41) is 3.62. The van der Waals surface area contributed by atoms with Crippen LogP contribution in [0.3, 0.4) is 0 Å². The molecule has 1 fully saturated rings. The van der Waals surface area contributed by atoms with Gasteiger partial charge in [-0.2, -0.15) is 0 Å². The Morgan fingerprint density at radius 1 is 1.35 bits per heavy atom. The molecule has 0 aromatic heterocycles.